The third kappa shape index (κ3) is 4.26. The molecule has 0 spiro atoms. The Morgan fingerprint density at radius 1 is 0.824 bits per heavy atom. The fourth-order valence-electron chi connectivity index (χ4n) is 4.61. The van der Waals surface area contributed by atoms with Crippen LogP contribution in [0.5, 0.6) is 0 Å². The van der Waals surface area contributed by atoms with Crippen molar-refractivity contribution in [3.8, 4) is 11.3 Å². The van der Waals surface area contributed by atoms with Crippen LogP contribution in [0.4, 0.5) is 5.69 Å². The summed E-state index contributed by atoms with van der Waals surface area (Å²) in [7, 11) is 0. The number of aromatic nitrogens is 1. The Hall–Kier alpha value is -3.37. The van der Waals surface area contributed by atoms with Gasteiger partial charge in [0.1, 0.15) is 0 Å². The topological polar surface area (TPSA) is 36.4 Å². The first-order valence-corrected chi connectivity index (χ1v) is 12.1. The number of piperazine rings is 1. The van der Waals surface area contributed by atoms with Crippen molar-refractivity contribution in [3.05, 3.63) is 94.0 Å². The lowest BCUT2D eigenvalue weighted by atomic mass is 9.99. The zero-order valence-electron chi connectivity index (χ0n) is 19.8. The van der Waals surface area contributed by atoms with Crippen LogP contribution in [0.2, 0.25) is 5.02 Å². The number of halogens is 1. The van der Waals surface area contributed by atoms with Gasteiger partial charge in [-0.2, -0.15) is 0 Å². The first kappa shape index (κ1) is 22.4. The molecule has 172 valence electrons. The summed E-state index contributed by atoms with van der Waals surface area (Å²) in [6, 6.07) is 22.3. The third-order valence-electron chi connectivity index (χ3n) is 6.83. The second-order valence-electron chi connectivity index (χ2n) is 9.08. The van der Waals surface area contributed by atoms with E-state index >= 15 is 0 Å². The first-order valence-electron chi connectivity index (χ1n) is 11.7. The maximum atomic E-state index is 13.8. The van der Waals surface area contributed by atoms with E-state index in [1.807, 2.05) is 47.4 Å². The van der Waals surface area contributed by atoms with Gasteiger partial charge in [0.15, 0.2) is 0 Å². The van der Waals surface area contributed by atoms with Crippen LogP contribution >= 0.6 is 11.6 Å². The van der Waals surface area contributed by atoms with Crippen LogP contribution < -0.4 is 4.90 Å². The molecule has 1 aromatic heterocycles. The monoisotopic (exact) mass is 469 g/mol. The molecule has 3 aromatic carbocycles. The lowest BCUT2D eigenvalue weighted by Crippen LogP contribution is -2.48. The Balaban J connectivity index is 1.47. The molecule has 1 aliphatic heterocycles. The van der Waals surface area contributed by atoms with Crippen molar-refractivity contribution in [2.24, 2.45) is 0 Å². The van der Waals surface area contributed by atoms with Crippen LogP contribution in [-0.2, 0) is 0 Å². The highest BCUT2D eigenvalue weighted by Crippen LogP contribution is 2.29. The van der Waals surface area contributed by atoms with E-state index in [0.717, 1.165) is 57.1 Å². The number of carbonyl (C=O) groups is 1. The molecule has 34 heavy (non-hydrogen) atoms. The summed E-state index contributed by atoms with van der Waals surface area (Å²) in [5, 5.41) is 1.65. The standard InChI is InChI=1S/C29H28ClN3O/c1-19-7-8-22(17-21(19)3)27-18-26(25-6-4-5-20(2)28(25)31-27)29(34)33-15-13-32(14-16-33)24-11-9-23(30)10-12-24/h4-12,17-18H,13-16H2,1-3H3. The summed E-state index contributed by atoms with van der Waals surface area (Å²) in [5.41, 5.74) is 8.17. The van der Waals surface area contributed by atoms with Crippen LogP contribution in [0.25, 0.3) is 22.2 Å². The predicted octanol–water partition coefficient (Wildman–Crippen LogP) is 6.44. The molecule has 1 saturated heterocycles. The maximum Gasteiger partial charge on any atom is 0.254 e. The molecule has 2 heterocycles. The molecule has 4 aromatic rings. The fraction of sp³-hybridized carbons (Fsp3) is 0.241. The van der Waals surface area contributed by atoms with Gasteiger partial charge in [-0.25, -0.2) is 4.98 Å². The summed E-state index contributed by atoms with van der Waals surface area (Å²) >= 11 is 6.04. The number of hydrogen-bond donors (Lipinski definition) is 0. The summed E-state index contributed by atoms with van der Waals surface area (Å²) in [4.78, 5) is 23.0. The minimum atomic E-state index is 0.0684. The number of amides is 1. The molecule has 1 fully saturated rings. The van der Waals surface area contributed by atoms with Crippen molar-refractivity contribution < 1.29 is 4.79 Å². The second kappa shape index (κ2) is 9.11. The highest BCUT2D eigenvalue weighted by molar-refractivity contribution is 6.30. The van der Waals surface area contributed by atoms with Gasteiger partial charge in [0.2, 0.25) is 0 Å². The van der Waals surface area contributed by atoms with Gasteiger partial charge < -0.3 is 9.80 Å². The van der Waals surface area contributed by atoms with Crippen LogP contribution in [0.15, 0.2) is 66.7 Å². The molecule has 0 bridgehead atoms. The van der Waals surface area contributed by atoms with Gasteiger partial charge in [0, 0.05) is 47.8 Å². The smallest absolute Gasteiger partial charge is 0.254 e. The number of nitrogens with zero attached hydrogens (tertiary/aromatic N) is 3. The van der Waals surface area contributed by atoms with Crippen molar-refractivity contribution in [2.75, 3.05) is 31.1 Å². The molecule has 4 nitrogen and oxygen atoms in total. The SMILES string of the molecule is Cc1ccc(-c2cc(C(=O)N3CCN(c4ccc(Cl)cc4)CC3)c3cccc(C)c3n2)cc1C. The third-order valence-corrected chi connectivity index (χ3v) is 7.08. The first-order chi connectivity index (χ1) is 16.4. The number of pyridine rings is 1. The fourth-order valence-corrected chi connectivity index (χ4v) is 4.73. The van der Waals surface area contributed by atoms with Gasteiger partial charge in [-0.1, -0.05) is 41.9 Å². The van der Waals surface area contributed by atoms with E-state index in [2.05, 4.69) is 49.9 Å². The Bertz CT molecular complexity index is 1370. The molecule has 1 amide bonds. The highest BCUT2D eigenvalue weighted by Gasteiger charge is 2.25. The molecule has 5 rings (SSSR count). The van der Waals surface area contributed by atoms with Crippen molar-refractivity contribution in [1.29, 1.82) is 0 Å². The van der Waals surface area contributed by atoms with Gasteiger partial charge in [0.25, 0.3) is 5.91 Å². The number of fused-ring (bicyclic) bond motifs is 1. The van der Waals surface area contributed by atoms with E-state index in [-0.39, 0.29) is 5.91 Å². The van der Waals surface area contributed by atoms with E-state index in [4.69, 9.17) is 16.6 Å². The summed E-state index contributed by atoms with van der Waals surface area (Å²) in [6.07, 6.45) is 0. The molecule has 0 saturated carbocycles. The molecule has 5 heteroatoms. The number of anilines is 1. The Labute approximate surface area is 205 Å². The van der Waals surface area contributed by atoms with Crippen molar-refractivity contribution in [1.82, 2.24) is 9.88 Å². The summed E-state index contributed by atoms with van der Waals surface area (Å²) < 4.78 is 0. The largest absolute Gasteiger partial charge is 0.368 e. The number of benzene rings is 3. The number of aryl methyl sites for hydroxylation is 3. The molecular weight excluding hydrogens is 442 g/mol. The Kier molecular flexibility index (Phi) is 6.01. The molecule has 0 unspecified atom stereocenters. The van der Waals surface area contributed by atoms with Crippen LogP contribution in [0.3, 0.4) is 0 Å². The highest BCUT2D eigenvalue weighted by atomic mass is 35.5. The molecular formula is C29H28ClN3O. The number of para-hydroxylation sites is 1. The van der Waals surface area contributed by atoms with E-state index in [9.17, 15) is 4.79 Å². The quantitative estimate of drug-likeness (QED) is 0.346. The lowest BCUT2D eigenvalue weighted by Gasteiger charge is -2.36. The van der Waals surface area contributed by atoms with E-state index in [1.165, 1.54) is 11.1 Å². The Morgan fingerprint density at radius 3 is 2.26 bits per heavy atom. The van der Waals surface area contributed by atoms with Crippen LogP contribution in [-0.4, -0.2) is 42.0 Å². The van der Waals surface area contributed by atoms with Gasteiger partial charge in [-0.3, -0.25) is 4.79 Å². The average molecular weight is 470 g/mol. The van der Waals surface area contributed by atoms with Crippen molar-refractivity contribution >= 4 is 34.1 Å². The predicted molar refractivity (Wildman–Crippen MR) is 141 cm³/mol. The molecule has 0 radical (unpaired) electrons. The summed E-state index contributed by atoms with van der Waals surface area (Å²) in [5.74, 6) is 0.0684. The maximum absolute atomic E-state index is 13.8. The average Bonchev–Trinajstić information content (AvgIpc) is 2.86. The van der Waals surface area contributed by atoms with Gasteiger partial charge in [-0.15, -0.1) is 0 Å². The van der Waals surface area contributed by atoms with Crippen LogP contribution in [0, 0.1) is 20.8 Å². The van der Waals surface area contributed by atoms with E-state index in [1.54, 1.807) is 0 Å². The zero-order valence-corrected chi connectivity index (χ0v) is 20.6. The normalized spacial score (nSPS) is 14.0. The minimum Gasteiger partial charge on any atom is -0.368 e. The molecule has 0 aliphatic carbocycles. The molecule has 1 aliphatic rings. The van der Waals surface area contributed by atoms with E-state index in [0.29, 0.717) is 13.1 Å². The Morgan fingerprint density at radius 2 is 1.56 bits per heavy atom. The zero-order chi connectivity index (χ0) is 23.8. The van der Waals surface area contributed by atoms with Gasteiger partial charge >= 0.3 is 0 Å². The minimum absolute atomic E-state index is 0.0684. The number of hydrogen-bond acceptors (Lipinski definition) is 3. The van der Waals surface area contributed by atoms with E-state index < -0.39 is 0 Å². The van der Waals surface area contributed by atoms with Gasteiger partial charge in [0.05, 0.1) is 16.8 Å². The van der Waals surface area contributed by atoms with Gasteiger partial charge in [-0.05, 0) is 73.9 Å². The number of carbonyl (C=O) groups excluding carboxylic acids is 1. The van der Waals surface area contributed by atoms with Crippen molar-refractivity contribution in [2.45, 2.75) is 20.8 Å². The van der Waals surface area contributed by atoms with Crippen molar-refractivity contribution in [3.63, 3.8) is 0 Å². The molecule has 0 N–H and O–H groups in total. The number of rotatable bonds is 3. The lowest BCUT2D eigenvalue weighted by molar-refractivity contribution is 0.0748. The molecule has 0 atom stereocenters. The summed E-state index contributed by atoms with van der Waals surface area (Å²) in [6.45, 7) is 9.21. The van der Waals surface area contributed by atoms with Crippen LogP contribution in [0.1, 0.15) is 27.0 Å². The second-order valence-corrected chi connectivity index (χ2v) is 9.52.